The molecular formula is C98H153N27O25. The number of nitrogens with two attached hydrogens (primary N) is 8. The third kappa shape index (κ3) is 46.0. The Kier molecular flexibility index (Phi) is 53.7. The number of benzene rings is 2. The van der Waals surface area contributed by atoms with Crippen molar-refractivity contribution < 1.29 is 120 Å². The van der Waals surface area contributed by atoms with Gasteiger partial charge in [-0.3, -0.25) is 116 Å². The average Bonchev–Trinajstić information content (AvgIpc) is 1.48. The summed E-state index contributed by atoms with van der Waals surface area (Å²) in [7, 11) is 0. The maximum Gasteiger partial charge on any atom is 0.246 e. The molecule has 23 amide bonds. The van der Waals surface area contributed by atoms with E-state index in [-0.39, 0.29) is 95.4 Å². The number of guanidine groups is 1. The third-order valence-electron chi connectivity index (χ3n) is 24.4. The second kappa shape index (κ2) is 63.4. The minimum atomic E-state index is -2.21. The molecule has 52 nitrogen and oxygen atoms in total. The van der Waals surface area contributed by atoms with Gasteiger partial charge in [0, 0.05) is 69.1 Å². The molecule has 150 heavy (non-hydrogen) atoms. The number of fused-ring (bicyclic) bond motifs is 1. The Labute approximate surface area is 868 Å². The smallest absolute Gasteiger partial charge is 0.246 e. The van der Waals surface area contributed by atoms with Gasteiger partial charge in [0.05, 0.1) is 25.6 Å². The van der Waals surface area contributed by atoms with E-state index in [1.165, 1.54) is 13.8 Å². The first-order valence-corrected chi connectivity index (χ1v) is 49.9. The molecule has 0 saturated carbocycles. The van der Waals surface area contributed by atoms with Crippen LogP contribution in [0.4, 0.5) is 0 Å². The van der Waals surface area contributed by atoms with E-state index in [0.717, 1.165) is 13.8 Å². The van der Waals surface area contributed by atoms with Gasteiger partial charge in [0.2, 0.25) is 136 Å². The molecule has 1 aliphatic rings. The number of para-hydroxylation sites is 1. The zero-order valence-electron chi connectivity index (χ0n) is 86.5. The summed E-state index contributed by atoms with van der Waals surface area (Å²) in [5.41, 5.74) is 41.3. The molecule has 0 fully saturated rings. The van der Waals surface area contributed by atoms with E-state index in [9.17, 15) is 72.5 Å². The van der Waals surface area contributed by atoms with Crippen molar-refractivity contribution in [2.75, 3.05) is 13.2 Å². The first-order chi connectivity index (χ1) is 70.4. The van der Waals surface area contributed by atoms with Crippen LogP contribution in [0.1, 0.15) is 234 Å². The molecule has 1 aliphatic heterocycles. The fourth-order valence-corrected chi connectivity index (χ4v) is 16.3. The maximum absolute atomic E-state index is 15.7. The van der Waals surface area contributed by atoms with Crippen LogP contribution in [0.15, 0.2) is 72.9 Å². The summed E-state index contributed by atoms with van der Waals surface area (Å²) < 4.78 is 0. The molecular weight excluding hydrogens is 1960 g/mol. The zero-order valence-corrected chi connectivity index (χ0v) is 86.5. The minimum absolute atomic E-state index is 0.00685. The predicted octanol–water partition coefficient (Wildman–Crippen LogP) is -6.34. The second-order valence-corrected chi connectivity index (χ2v) is 39.2. The Balaban J connectivity index is 1.96. The van der Waals surface area contributed by atoms with Crippen LogP contribution >= 0.6 is 0 Å². The standard InChI is InChI=1S/C98H153N27O25/c1-51(2)42-66-86(141)117-68(44-53(5)6)91(146)124-97(9,94(149)121-64(34-38-76(102)132)84(139)114-65(80(105)135)47-77(103)133)39-23-16-14-12-11-13-15-17-24-40-98(10,95(150)122-71(48-78(104)134)89(144)116-67(43-52(3)4)87(142)118-70(46-57-49-109-59-29-22-21-28-58(57)59)88(143)111-60(81(136)115-66)30-25-41-108-96(106)107)125-92(147)69(45-56-26-19-18-20-27-56)119-93(148)79(54(7)127)123-85(140)63(33-37-75(101)131)112-83(138)62(32-36-74(100)130)113-90(145)72(50-126)120-82(137)61(110-55(8)128)31-35-73(99)129/h12,14,18-22,26-29,49,51-54,60-72,79,109,126-127H,11,13,15-17,23-25,30-48,50H2,1-10H3,(H2,99,129)(H2,100,130)(H2,101,131)(H2,102,132)(H2,103,133)(H2,104,134)(H2,105,135)(H,110,128)(H,111,143)(H,112,138)(H,113,145)(H,114,139)(H,115,136)(H,116,144)(H,117,141)(H,118,142)(H,119,148)(H,120,137)(H,121,149)(H,122,150)(H,123,140)(H,124,146)(H,125,147)(H4,106,107,108)/b14-12-/t54-,60+,61+,62+,63+,64+,65+,66+,67+,68+,69+,70+,71+,72+,79+,97+,98+/m1/s1. The quantitative estimate of drug-likeness (QED) is 0.0108. The molecule has 52 heteroatoms. The summed E-state index contributed by atoms with van der Waals surface area (Å²) in [4.78, 5) is 325. The first-order valence-electron chi connectivity index (χ1n) is 49.9. The van der Waals surface area contributed by atoms with Gasteiger partial charge in [0.1, 0.15) is 95.7 Å². The lowest BCUT2D eigenvalue weighted by molar-refractivity contribution is -0.139. The molecule has 0 radical (unpaired) electrons. The molecule has 2 aromatic carbocycles. The van der Waals surface area contributed by atoms with Crippen molar-refractivity contribution in [1.82, 2.24) is 95.4 Å². The van der Waals surface area contributed by atoms with Gasteiger partial charge in [0.15, 0.2) is 5.96 Å². The van der Waals surface area contributed by atoms with E-state index in [1.54, 1.807) is 108 Å². The van der Waals surface area contributed by atoms with Crippen molar-refractivity contribution >= 4 is 153 Å². The number of rotatable bonds is 50. The van der Waals surface area contributed by atoms with Gasteiger partial charge >= 0.3 is 0 Å². The Morgan fingerprint density at radius 3 is 1.37 bits per heavy atom. The number of allylic oxidation sites excluding steroid dienone is 2. The normalized spacial score (nSPS) is 20.8. The fraction of sp³-hybridized carbons (Fsp3) is 0.592. The number of primary amides is 7. The number of aromatic amines is 1. The van der Waals surface area contributed by atoms with Crippen molar-refractivity contribution in [3.63, 3.8) is 0 Å². The lowest BCUT2D eigenvalue weighted by Gasteiger charge is -2.34. The van der Waals surface area contributed by atoms with Gasteiger partial charge in [-0.2, -0.15) is 0 Å². The molecule has 1 aromatic heterocycles. The van der Waals surface area contributed by atoms with E-state index in [2.05, 4.69) is 95.4 Å². The number of carbonyl (C=O) groups is 23. The van der Waals surface area contributed by atoms with Gasteiger partial charge in [-0.05, 0) is 152 Å². The summed E-state index contributed by atoms with van der Waals surface area (Å²) in [6, 6.07) is -9.53. The number of amides is 23. The molecule has 37 N–H and O–H groups in total. The Hall–Kier alpha value is -15.3. The molecule has 830 valence electrons. The Morgan fingerprint density at radius 1 is 0.447 bits per heavy atom. The highest BCUT2D eigenvalue weighted by Gasteiger charge is 2.45. The van der Waals surface area contributed by atoms with E-state index in [0.29, 0.717) is 47.7 Å². The van der Waals surface area contributed by atoms with Crippen molar-refractivity contribution in [1.29, 1.82) is 5.41 Å². The second-order valence-electron chi connectivity index (χ2n) is 39.2. The van der Waals surface area contributed by atoms with Crippen molar-refractivity contribution in [2.45, 2.75) is 338 Å². The van der Waals surface area contributed by atoms with Crippen molar-refractivity contribution in [3.05, 3.63) is 84.1 Å². The number of nitrogens with one attached hydrogen (secondary N) is 19. The molecule has 0 aliphatic carbocycles. The summed E-state index contributed by atoms with van der Waals surface area (Å²) in [6.45, 7) is 13.8. The van der Waals surface area contributed by atoms with Crippen LogP contribution in [0.5, 0.6) is 0 Å². The molecule has 0 unspecified atom stereocenters. The van der Waals surface area contributed by atoms with Crippen LogP contribution in [-0.2, 0) is 123 Å². The summed E-state index contributed by atoms with van der Waals surface area (Å²) in [5.74, 6) is -26.4. The third-order valence-corrected chi connectivity index (χ3v) is 24.4. The van der Waals surface area contributed by atoms with Gasteiger partial charge in [-0.25, -0.2) is 0 Å². The highest BCUT2D eigenvalue weighted by molar-refractivity contribution is 6.04. The molecule has 0 saturated heterocycles. The van der Waals surface area contributed by atoms with Crippen LogP contribution in [0, 0.1) is 23.2 Å². The molecule has 3 aromatic rings. The largest absolute Gasteiger partial charge is 0.394 e. The Morgan fingerprint density at radius 2 is 0.880 bits per heavy atom. The number of carbonyl (C=O) groups excluding carboxylic acids is 23. The molecule has 0 spiro atoms. The van der Waals surface area contributed by atoms with E-state index in [1.807, 2.05) is 6.08 Å². The molecule has 17 atom stereocenters. The Bertz CT molecular complexity index is 5250. The van der Waals surface area contributed by atoms with Gasteiger partial charge in [0.25, 0.3) is 0 Å². The highest BCUT2D eigenvalue weighted by atomic mass is 16.3. The number of hydrogen-bond acceptors (Lipinski definition) is 26. The van der Waals surface area contributed by atoms with E-state index >= 15 is 47.9 Å². The highest BCUT2D eigenvalue weighted by Crippen LogP contribution is 2.25. The fourth-order valence-electron chi connectivity index (χ4n) is 16.3. The van der Waals surface area contributed by atoms with Gasteiger partial charge in [-0.1, -0.05) is 121 Å². The van der Waals surface area contributed by atoms with E-state index < -0.39 is 320 Å². The summed E-state index contributed by atoms with van der Waals surface area (Å²) in [6.07, 6.45) is -2.80. The lowest BCUT2D eigenvalue weighted by Crippen LogP contribution is -2.65. The zero-order chi connectivity index (χ0) is 113. The van der Waals surface area contributed by atoms with E-state index in [4.69, 9.17) is 51.3 Å². The summed E-state index contributed by atoms with van der Waals surface area (Å²) >= 11 is 0. The molecule has 4 rings (SSSR count). The maximum atomic E-state index is 15.7. The minimum Gasteiger partial charge on any atom is -0.394 e. The topological polar surface area (TPSA) is 885 Å². The summed E-state index contributed by atoms with van der Waals surface area (Å²) in [5, 5.41) is 73.2. The number of aliphatic hydroxyl groups is 2. The predicted molar refractivity (Wildman–Crippen MR) is 545 cm³/mol. The van der Waals surface area contributed by atoms with Crippen LogP contribution < -0.4 is 136 Å². The number of aliphatic hydroxyl groups excluding tert-OH is 2. The lowest BCUT2D eigenvalue weighted by atomic mass is 9.91. The number of H-pyrrole nitrogens is 1. The van der Waals surface area contributed by atoms with Gasteiger partial charge in [-0.15, -0.1) is 0 Å². The molecule has 0 bridgehead atoms. The number of aromatic nitrogens is 1. The van der Waals surface area contributed by atoms with Crippen molar-refractivity contribution in [2.24, 2.45) is 63.6 Å². The first kappa shape index (κ1) is 127. The van der Waals surface area contributed by atoms with Crippen molar-refractivity contribution in [3.8, 4) is 0 Å². The van der Waals surface area contributed by atoms with Crippen LogP contribution in [0.2, 0.25) is 0 Å². The monoisotopic (exact) mass is 2110 g/mol. The van der Waals surface area contributed by atoms with Crippen LogP contribution in [-0.4, -0.2) is 272 Å². The average molecular weight is 2110 g/mol. The molecule has 2 heterocycles. The van der Waals surface area contributed by atoms with Crippen LogP contribution in [0.25, 0.3) is 10.9 Å². The number of hydrogen-bond donors (Lipinski definition) is 29. The van der Waals surface area contributed by atoms with Crippen LogP contribution in [0.3, 0.4) is 0 Å². The van der Waals surface area contributed by atoms with Gasteiger partial charge < -0.3 is 151 Å². The SMILES string of the molecule is CC(=O)N[C@@H](CCC(N)=O)C(=O)N[C@@H](CO)C(=O)N[C@@H](CCC(N)=O)C(=O)N[C@@H](CCC(N)=O)C(=O)N[C@H](C(=O)N[C@@H](Cc1ccccc1)C(=O)N[C@@]1(C)CCCCCC/C=C\CCC[C@@](C)(C(=O)N[C@@H](CCC(N)=O)C(=O)N[C@@H](CC(N)=O)C(N)=O)NC(=O)[C@H](CC(C)C)NC(=O)[C@H](CC(C)C)NC(=O)[C@H](CCCNC(=N)N)NC(=O)[C@H](Cc2c[nH]c3ccccc23)NC(=O)[C@H](CC(C)C)NC(=O)[C@H](CC(N)=O)NC1=O)[C@@H](C)O.